The molecule has 0 saturated carbocycles. The summed E-state index contributed by atoms with van der Waals surface area (Å²) < 4.78 is 5.58. The largest absolute Gasteiger partial charge is 0.494 e. The third-order valence-corrected chi connectivity index (χ3v) is 4.33. The molecule has 4 heteroatoms. The van der Waals surface area contributed by atoms with Crippen molar-refractivity contribution in [1.82, 2.24) is 4.98 Å². The van der Waals surface area contributed by atoms with Crippen molar-refractivity contribution in [2.75, 3.05) is 13.2 Å². The van der Waals surface area contributed by atoms with Crippen molar-refractivity contribution < 1.29 is 4.74 Å². The highest BCUT2D eigenvalue weighted by Gasteiger charge is 2.16. The van der Waals surface area contributed by atoms with Gasteiger partial charge in [0.15, 0.2) is 0 Å². The van der Waals surface area contributed by atoms with Gasteiger partial charge in [-0.15, -0.1) is 0 Å². The van der Waals surface area contributed by atoms with Gasteiger partial charge in [-0.25, -0.2) is 0 Å². The fourth-order valence-corrected chi connectivity index (χ4v) is 3.16. The Morgan fingerprint density at radius 3 is 2.87 bits per heavy atom. The lowest BCUT2D eigenvalue weighted by molar-refractivity contribution is 0.340. The minimum atomic E-state index is 0.235. The Morgan fingerprint density at radius 2 is 2.09 bits per heavy atom. The lowest BCUT2D eigenvalue weighted by atomic mass is 9.91. The zero-order chi connectivity index (χ0) is 16.2. The lowest BCUT2D eigenvalue weighted by Crippen LogP contribution is -2.14. The van der Waals surface area contributed by atoms with E-state index in [4.69, 9.17) is 22.1 Å². The van der Waals surface area contributed by atoms with Gasteiger partial charge in [-0.2, -0.15) is 0 Å². The van der Waals surface area contributed by atoms with E-state index in [1.165, 1.54) is 11.1 Å². The molecule has 0 aliphatic heterocycles. The highest BCUT2D eigenvalue weighted by atomic mass is 35.5. The third-order valence-electron chi connectivity index (χ3n) is 4.09. The van der Waals surface area contributed by atoms with Crippen LogP contribution in [-0.4, -0.2) is 18.1 Å². The average Bonchev–Trinajstić information content (AvgIpc) is 2.96. The van der Waals surface area contributed by atoms with E-state index in [2.05, 4.69) is 17.1 Å². The molecule has 3 rings (SSSR count). The zero-order valence-corrected chi connectivity index (χ0v) is 13.9. The fourth-order valence-electron chi connectivity index (χ4n) is 2.99. The Labute approximate surface area is 141 Å². The van der Waals surface area contributed by atoms with Crippen LogP contribution in [0.1, 0.15) is 24.0 Å². The molecule has 1 aromatic heterocycles. The summed E-state index contributed by atoms with van der Waals surface area (Å²) in [5, 5.41) is 1.89. The molecule has 0 fully saturated rings. The van der Waals surface area contributed by atoms with Crippen LogP contribution >= 0.6 is 11.6 Å². The number of H-pyrrole nitrogens is 1. The van der Waals surface area contributed by atoms with E-state index in [0.29, 0.717) is 13.2 Å². The molecule has 0 spiro atoms. The predicted octanol–water partition coefficient (Wildman–Crippen LogP) is 4.51. The van der Waals surface area contributed by atoms with Crippen LogP contribution in [0.2, 0.25) is 5.02 Å². The molecule has 1 heterocycles. The summed E-state index contributed by atoms with van der Waals surface area (Å²) in [6.07, 6.45) is 2.92. The molecule has 0 radical (unpaired) electrons. The number of fused-ring (bicyclic) bond motifs is 1. The van der Waals surface area contributed by atoms with E-state index in [1.54, 1.807) is 0 Å². The Kier molecular flexibility index (Phi) is 4.89. The van der Waals surface area contributed by atoms with Crippen LogP contribution in [0.15, 0.2) is 48.7 Å². The molecule has 2 aromatic carbocycles. The number of nitrogens with one attached hydrogen (secondary N) is 1. The SMILES string of the molecule is CCOc1cccc(CC(CN)c2c[nH]c3ccc(Cl)cc23)c1. The van der Waals surface area contributed by atoms with Gasteiger partial charge in [0.1, 0.15) is 5.75 Å². The number of hydrogen-bond donors (Lipinski definition) is 2. The maximum atomic E-state index is 6.15. The summed E-state index contributed by atoms with van der Waals surface area (Å²) in [4.78, 5) is 3.31. The second kappa shape index (κ2) is 7.07. The Bertz CT molecular complexity index is 797. The lowest BCUT2D eigenvalue weighted by Gasteiger charge is -2.15. The van der Waals surface area contributed by atoms with Gasteiger partial charge in [0, 0.05) is 28.0 Å². The van der Waals surface area contributed by atoms with E-state index >= 15 is 0 Å². The first-order chi connectivity index (χ1) is 11.2. The van der Waals surface area contributed by atoms with Crippen LogP contribution in [0.25, 0.3) is 10.9 Å². The van der Waals surface area contributed by atoms with Crippen molar-refractivity contribution in [3.05, 3.63) is 64.8 Å². The molecule has 23 heavy (non-hydrogen) atoms. The van der Waals surface area contributed by atoms with Gasteiger partial charge < -0.3 is 15.5 Å². The van der Waals surface area contributed by atoms with Crippen molar-refractivity contribution in [2.45, 2.75) is 19.3 Å². The predicted molar refractivity (Wildman–Crippen MR) is 96.4 cm³/mol. The first kappa shape index (κ1) is 15.9. The monoisotopic (exact) mass is 328 g/mol. The molecule has 3 nitrogen and oxygen atoms in total. The summed E-state index contributed by atoms with van der Waals surface area (Å²) in [6, 6.07) is 14.1. The van der Waals surface area contributed by atoms with E-state index in [1.807, 2.05) is 43.5 Å². The number of rotatable bonds is 6. The third kappa shape index (κ3) is 3.52. The van der Waals surface area contributed by atoms with Crippen LogP contribution in [0, 0.1) is 0 Å². The standard InChI is InChI=1S/C19H21ClN2O/c1-2-23-16-5-3-4-13(9-16)8-14(11-21)18-12-22-19-7-6-15(20)10-17(18)19/h3-7,9-10,12,14,22H,2,8,11,21H2,1H3. The van der Waals surface area contributed by atoms with Crippen molar-refractivity contribution in [1.29, 1.82) is 0 Å². The van der Waals surface area contributed by atoms with E-state index in [0.717, 1.165) is 28.1 Å². The van der Waals surface area contributed by atoms with Crippen LogP contribution in [0.4, 0.5) is 0 Å². The molecule has 0 amide bonds. The Hall–Kier alpha value is -1.97. The summed E-state index contributed by atoms with van der Waals surface area (Å²) >= 11 is 6.15. The van der Waals surface area contributed by atoms with Crippen LogP contribution in [0.3, 0.4) is 0 Å². The number of halogens is 1. The average molecular weight is 329 g/mol. The summed E-state index contributed by atoms with van der Waals surface area (Å²) in [6.45, 7) is 3.24. The zero-order valence-electron chi connectivity index (χ0n) is 13.2. The summed E-state index contributed by atoms with van der Waals surface area (Å²) in [5.41, 5.74) is 9.59. The molecule has 3 aromatic rings. The quantitative estimate of drug-likeness (QED) is 0.699. The Morgan fingerprint density at radius 1 is 1.22 bits per heavy atom. The van der Waals surface area contributed by atoms with Crippen molar-refractivity contribution in [3.63, 3.8) is 0 Å². The van der Waals surface area contributed by atoms with Gasteiger partial charge in [-0.05, 0) is 61.3 Å². The molecule has 1 unspecified atom stereocenters. The summed E-state index contributed by atoms with van der Waals surface area (Å²) in [7, 11) is 0. The van der Waals surface area contributed by atoms with Crippen molar-refractivity contribution >= 4 is 22.5 Å². The molecular formula is C19H21ClN2O. The van der Waals surface area contributed by atoms with E-state index < -0.39 is 0 Å². The number of nitrogens with two attached hydrogens (primary N) is 1. The van der Waals surface area contributed by atoms with Crippen LogP contribution in [-0.2, 0) is 6.42 Å². The van der Waals surface area contributed by atoms with Gasteiger partial charge in [0.2, 0.25) is 0 Å². The second-order valence-corrected chi connectivity index (χ2v) is 6.09. The van der Waals surface area contributed by atoms with Crippen LogP contribution < -0.4 is 10.5 Å². The maximum Gasteiger partial charge on any atom is 0.119 e. The highest BCUT2D eigenvalue weighted by molar-refractivity contribution is 6.31. The molecule has 0 saturated heterocycles. The smallest absolute Gasteiger partial charge is 0.119 e. The minimum Gasteiger partial charge on any atom is -0.494 e. The van der Waals surface area contributed by atoms with Gasteiger partial charge in [0.05, 0.1) is 6.61 Å². The molecule has 0 bridgehead atoms. The van der Waals surface area contributed by atoms with Crippen molar-refractivity contribution in [3.8, 4) is 5.75 Å². The molecule has 0 aliphatic carbocycles. The molecular weight excluding hydrogens is 308 g/mol. The van der Waals surface area contributed by atoms with Gasteiger partial charge >= 0.3 is 0 Å². The number of ether oxygens (including phenoxy) is 1. The topological polar surface area (TPSA) is 51.0 Å². The fraction of sp³-hybridized carbons (Fsp3) is 0.263. The second-order valence-electron chi connectivity index (χ2n) is 5.65. The number of benzene rings is 2. The molecule has 1 atom stereocenters. The van der Waals surface area contributed by atoms with E-state index in [9.17, 15) is 0 Å². The summed E-state index contributed by atoms with van der Waals surface area (Å²) in [5.74, 6) is 1.14. The minimum absolute atomic E-state index is 0.235. The highest BCUT2D eigenvalue weighted by Crippen LogP contribution is 2.30. The molecule has 0 aliphatic rings. The van der Waals surface area contributed by atoms with Gasteiger partial charge in [0.25, 0.3) is 0 Å². The first-order valence-corrected chi connectivity index (χ1v) is 8.27. The number of hydrogen-bond acceptors (Lipinski definition) is 2. The first-order valence-electron chi connectivity index (χ1n) is 7.89. The van der Waals surface area contributed by atoms with Gasteiger partial charge in [-0.1, -0.05) is 23.7 Å². The number of aromatic amines is 1. The maximum absolute atomic E-state index is 6.15. The molecule has 3 N–H and O–H groups in total. The van der Waals surface area contributed by atoms with Crippen LogP contribution in [0.5, 0.6) is 5.75 Å². The van der Waals surface area contributed by atoms with E-state index in [-0.39, 0.29) is 5.92 Å². The van der Waals surface area contributed by atoms with Gasteiger partial charge in [-0.3, -0.25) is 0 Å². The normalized spacial score (nSPS) is 12.5. The Balaban J connectivity index is 1.90. The van der Waals surface area contributed by atoms with Crippen molar-refractivity contribution in [2.24, 2.45) is 5.73 Å². The molecule has 120 valence electrons. The number of aromatic nitrogens is 1.